The van der Waals surface area contributed by atoms with Gasteiger partial charge >= 0.3 is 0 Å². The number of amides is 1. The number of fused-ring (bicyclic) bond motifs is 1. The molecule has 0 spiro atoms. The molecule has 9 heteroatoms. The third-order valence-electron chi connectivity index (χ3n) is 5.95. The van der Waals surface area contributed by atoms with Gasteiger partial charge < -0.3 is 5.32 Å². The summed E-state index contributed by atoms with van der Waals surface area (Å²) in [5.74, 6) is 0.0141. The van der Waals surface area contributed by atoms with Gasteiger partial charge in [-0.25, -0.2) is 18.1 Å². The minimum Gasteiger partial charge on any atom is -0.352 e. The van der Waals surface area contributed by atoms with Crippen LogP contribution in [0.25, 0.3) is 21.6 Å². The van der Waals surface area contributed by atoms with Crippen LogP contribution in [0.5, 0.6) is 0 Å². The second kappa shape index (κ2) is 8.72. The molecule has 1 aromatic carbocycles. The van der Waals surface area contributed by atoms with E-state index in [4.69, 9.17) is 4.98 Å². The third-order valence-corrected chi connectivity index (χ3v) is 8.59. The lowest BCUT2D eigenvalue weighted by Gasteiger charge is -2.12. The van der Waals surface area contributed by atoms with E-state index in [0.29, 0.717) is 41.0 Å². The zero-order valence-electron chi connectivity index (χ0n) is 18.2. The van der Waals surface area contributed by atoms with Crippen molar-refractivity contribution in [2.45, 2.75) is 25.8 Å². The number of aromatic nitrogens is 3. The van der Waals surface area contributed by atoms with Crippen molar-refractivity contribution in [2.24, 2.45) is 0 Å². The number of thiophene rings is 1. The minimum atomic E-state index is -3.09. The van der Waals surface area contributed by atoms with Gasteiger partial charge in [0.1, 0.15) is 0 Å². The summed E-state index contributed by atoms with van der Waals surface area (Å²) >= 11 is 1.55. The summed E-state index contributed by atoms with van der Waals surface area (Å²) in [7, 11) is -3.09. The Bertz CT molecular complexity index is 1410. The second-order valence-electron chi connectivity index (χ2n) is 8.31. The van der Waals surface area contributed by atoms with Gasteiger partial charge in [0.05, 0.1) is 44.8 Å². The maximum absolute atomic E-state index is 13.3. The van der Waals surface area contributed by atoms with E-state index in [2.05, 4.69) is 10.4 Å². The molecule has 1 atom stereocenters. The van der Waals surface area contributed by atoms with Crippen LogP contribution in [0.3, 0.4) is 0 Å². The first-order valence-corrected chi connectivity index (χ1v) is 13.6. The first-order chi connectivity index (χ1) is 15.9. The van der Waals surface area contributed by atoms with Gasteiger partial charge in [0.15, 0.2) is 15.5 Å². The highest BCUT2D eigenvalue weighted by molar-refractivity contribution is 7.91. The van der Waals surface area contributed by atoms with Crippen LogP contribution in [0.1, 0.15) is 34.1 Å². The Kier molecular flexibility index (Phi) is 5.76. The SMILES string of the molecule is Cc1nn([C@H]2CCS(=O)(=O)C2)c2nc(-c3cccs3)cc(C(=O)NCCc3ccccc3)c12. The molecule has 1 N–H and O–H groups in total. The standard InChI is InChI=1S/C24H24N4O3S2/c1-16-22-19(24(29)25-11-9-17-6-3-2-4-7-17)14-20(21-8-5-12-32-21)26-23(22)28(27-16)18-10-13-33(30,31)15-18/h2-8,12,14,18H,9-11,13,15H2,1H3,(H,25,29)/t18-/m0/s1. The first-order valence-electron chi connectivity index (χ1n) is 10.9. The van der Waals surface area contributed by atoms with E-state index in [-0.39, 0.29) is 23.5 Å². The number of nitrogens with one attached hydrogen (secondary N) is 1. The van der Waals surface area contributed by atoms with Crippen LogP contribution in [0, 0.1) is 6.92 Å². The van der Waals surface area contributed by atoms with Gasteiger partial charge in [0, 0.05) is 6.54 Å². The quantitative estimate of drug-likeness (QED) is 0.453. The number of sulfone groups is 1. The first kappa shape index (κ1) is 21.8. The molecule has 7 nitrogen and oxygen atoms in total. The van der Waals surface area contributed by atoms with E-state index in [0.717, 1.165) is 16.9 Å². The third kappa shape index (κ3) is 4.43. The molecule has 1 amide bonds. The van der Waals surface area contributed by atoms with Crippen molar-refractivity contribution in [3.05, 3.63) is 70.7 Å². The summed E-state index contributed by atoms with van der Waals surface area (Å²) < 4.78 is 25.9. The number of carbonyl (C=O) groups is 1. The number of aryl methyl sites for hydroxylation is 1. The van der Waals surface area contributed by atoms with Crippen LogP contribution >= 0.6 is 11.3 Å². The fourth-order valence-electron chi connectivity index (χ4n) is 4.33. The van der Waals surface area contributed by atoms with Crippen molar-refractivity contribution in [2.75, 3.05) is 18.1 Å². The van der Waals surface area contributed by atoms with E-state index in [1.807, 2.05) is 60.8 Å². The largest absolute Gasteiger partial charge is 0.352 e. The average molecular weight is 481 g/mol. The van der Waals surface area contributed by atoms with Gasteiger partial charge in [-0.05, 0) is 42.8 Å². The lowest BCUT2D eigenvalue weighted by Crippen LogP contribution is -2.26. The summed E-state index contributed by atoms with van der Waals surface area (Å²) in [6.45, 7) is 2.35. The Morgan fingerprint density at radius 1 is 1.21 bits per heavy atom. The number of rotatable bonds is 6. The highest BCUT2D eigenvalue weighted by Crippen LogP contribution is 2.33. The molecule has 0 bridgehead atoms. The van der Waals surface area contributed by atoms with Gasteiger partial charge in [-0.15, -0.1) is 11.3 Å². The Labute approximate surface area is 196 Å². The zero-order valence-corrected chi connectivity index (χ0v) is 19.8. The topological polar surface area (TPSA) is 93.9 Å². The van der Waals surface area contributed by atoms with E-state index >= 15 is 0 Å². The highest BCUT2D eigenvalue weighted by Gasteiger charge is 2.32. The second-order valence-corrected chi connectivity index (χ2v) is 11.5. The molecule has 0 unspecified atom stereocenters. The Morgan fingerprint density at radius 3 is 2.73 bits per heavy atom. The summed E-state index contributed by atoms with van der Waals surface area (Å²) in [4.78, 5) is 19.1. The summed E-state index contributed by atoms with van der Waals surface area (Å²) in [5, 5.41) is 10.3. The normalized spacial score (nSPS) is 17.4. The molecule has 4 aromatic rings. The van der Waals surface area contributed by atoms with Crippen LogP contribution < -0.4 is 5.32 Å². The maximum Gasteiger partial charge on any atom is 0.252 e. The predicted molar refractivity (Wildman–Crippen MR) is 130 cm³/mol. The molecule has 1 aliphatic rings. The fraction of sp³-hybridized carbons (Fsp3) is 0.292. The van der Waals surface area contributed by atoms with Gasteiger partial charge in [0.25, 0.3) is 5.91 Å². The summed E-state index contributed by atoms with van der Waals surface area (Å²) in [5.41, 5.74) is 3.60. The van der Waals surface area contributed by atoms with Crippen molar-refractivity contribution in [1.29, 1.82) is 0 Å². The predicted octanol–water partition coefficient (Wildman–Crippen LogP) is 3.80. The highest BCUT2D eigenvalue weighted by atomic mass is 32.2. The monoisotopic (exact) mass is 480 g/mol. The minimum absolute atomic E-state index is 0.0483. The van der Waals surface area contributed by atoms with E-state index < -0.39 is 9.84 Å². The molecule has 170 valence electrons. The number of pyridine rings is 1. The smallest absolute Gasteiger partial charge is 0.252 e. The van der Waals surface area contributed by atoms with Gasteiger partial charge in [-0.2, -0.15) is 5.10 Å². The van der Waals surface area contributed by atoms with Crippen molar-refractivity contribution >= 4 is 38.1 Å². The summed E-state index contributed by atoms with van der Waals surface area (Å²) in [6, 6.07) is 15.5. The van der Waals surface area contributed by atoms with Crippen LogP contribution in [0.2, 0.25) is 0 Å². The maximum atomic E-state index is 13.3. The van der Waals surface area contributed by atoms with Gasteiger partial charge in [0.2, 0.25) is 0 Å². The molecule has 4 heterocycles. The Hall–Kier alpha value is -3.04. The molecular formula is C24H24N4O3S2. The molecule has 1 saturated heterocycles. The van der Waals surface area contributed by atoms with Gasteiger partial charge in [-0.1, -0.05) is 36.4 Å². The number of hydrogen-bond acceptors (Lipinski definition) is 6. The Morgan fingerprint density at radius 2 is 2.03 bits per heavy atom. The lowest BCUT2D eigenvalue weighted by atomic mass is 10.1. The van der Waals surface area contributed by atoms with E-state index in [9.17, 15) is 13.2 Å². The fourth-order valence-corrected chi connectivity index (χ4v) is 6.70. The molecule has 1 aliphatic heterocycles. The molecule has 5 rings (SSSR count). The molecule has 0 saturated carbocycles. The molecular weight excluding hydrogens is 456 g/mol. The van der Waals surface area contributed by atoms with E-state index in [1.54, 1.807) is 16.0 Å². The summed E-state index contributed by atoms with van der Waals surface area (Å²) in [6.07, 6.45) is 1.23. The lowest BCUT2D eigenvalue weighted by molar-refractivity contribution is 0.0955. The molecule has 3 aromatic heterocycles. The van der Waals surface area contributed by atoms with Crippen molar-refractivity contribution in [3.63, 3.8) is 0 Å². The van der Waals surface area contributed by atoms with Crippen molar-refractivity contribution in [3.8, 4) is 10.6 Å². The number of hydrogen-bond donors (Lipinski definition) is 1. The van der Waals surface area contributed by atoms with Crippen LogP contribution in [0.15, 0.2) is 53.9 Å². The number of carbonyl (C=O) groups excluding carboxylic acids is 1. The number of benzene rings is 1. The van der Waals surface area contributed by atoms with Gasteiger partial charge in [-0.3, -0.25) is 4.79 Å². The molecule has 33 heavy (non-hydrogen) atoms. The van der Waals surface area contributed by atoms with Crippen molar-refractivity contribution in [1.82, 2.24) is 20.1 Å². The molecule has 0 aliphatic carbocycles. The van der Waals surface area contributed by atoms with Crippen LogP contribution in [0.4, 0.5) is 0 Å². The van der Waals surface area contributed by atoms with Crippen LogP contribution in [-0.2, 0) is 16.3 Å². The van der Waals surface area contributed by atoms with Crippen molar-refractivity contribution < 1.29 is 13.2 Å². The zero-order chi connectivity index (χ0) is 23.0. The number of nitrogens with zero attached hydrogens (tertiary/aromatic N) is 3. The molecule has 0 radical (unpaired) electrons. The molecule has 1 fully saturated rings. The van der Waals surface area contributed by atoms with Crippen LogP contribution in [-0.4, -0.2) is 47.1 Å². The Balaban J connectivity index is 1.53. The van der Waals surface area contributed by atoms with E-state index in [1.165, 1.54) is 0 Å². The average Bonchev–Trinajstić information content (AvgIpc) is 3.53.